The highest BCUT2D eigenvalue weighted by molar-refractivity contribution is 7.47. The molecule has 13 nitrogen and oxygen atoms in total. The minimum Gasteiger partial charge on any atom is -0.462 e. The summed E-state index contributed by atoms with van der Waals surface area (Å²) in [5.74, 6) is -1.13. The normalized spacial score (nSPS) is 20.7. The van der Waals surface area contributed by atoms with Crippen LogP contribution < -0.4 is 0 Å². The van der Waals surface area contributed by atoms with Crippen LogP contribution in [0.1, 0.15) is 271 Å². The van der Waals surface area contributed by atoms with Gasteiger partial charge in [0.15, 0.2) is 6.10 Å². The number of hydrogen-bond acceptors (Lipinski definition) is 12. The number of carbonyl (C=O) groups is 2. The van der Waals surface area contributed by atoms with Gasteiger partial charge in [-0.2, -0.15) is 0 Å². The Morgan fingerprint density at radius 2 is 0.732 bits per heavy atom. The molecule has 0 amide bonds. The summed E-state index contributed by atoms with van der Waals surface area (Å²) in [6, 6.07) is 0. The first-order valence-electron chi connectivity index (χ1n) is 29.1. The fourth-order valence-corrected chi connectivity index (χ4v) is 10.1. The predicted octanol–water partition coefficient (Wildman–Crippen LogP) is 13.5. The van der Waals surface area contributed by atoms with E-state index in [0.29, 0.717) is 19.3 Å². The van der Waals surface area contributed by atoms with Crippen LogP contribution in [0, 0.1) is 0 Å². The molecule has 0 aromatic carbocycles. The maximum absolute atomic E-state index is 12.9. The zero-order valence-corrected chi connectivity index (χ0v) is 45.9. The van der Waals surface area contributed by atoms with E-state index in [-0.39, 0.29) is 12.8 Å². The van der Waals surface area contributed by atoms with E-state index in [1.807, 2.05) is 0 Å². The third-order valence-electron chi connectivity index (χ3n) is 13.8. The number of aliphatic hydroxyl groups is 5. The Morgan fingerprint density at radius 3 is 1.11 bits per heavy atom. The number of phosphoric ester groups is 1. The molecule has 0 radical (unpaired) electrons. The average Bonchev–Trinajstić information content (AvgIpc) is 3.35. The van der Waals surface area contributed by atoms with E-state index in [1.54, 1.807) is 0 Å². The van der Waals surface area contributed by atoms with Crippen LogP contribution in [0.25, 0.3) is 0 Å². The molecule has 14 heteroatoms. The van der Waals surface area contributed by atoms with Crippen molar-refractivity contribution in [3.8, 4) is 0 Å². The molecule has 8 atom stereocenters. The van der Waals surface area contributed by atoms with Gasteiger partial charge in [-0.15, -0.1) is 0 Å². The summed E-state index contributed by atoms with van der Waals surface area (Å²) in [6.45, 7) is 3.33. The average molecular weight is 1030 g/mol. The smallest absolute Gasteiger partial charge is 0.462 e. The summed E-state index contributed by atoms with van der Waals surface area (Å²) >= 11 is 0. The monoisotopic (exact) mass is 1030 g/mol. The van der Waals surface area contributed by atoms with Crippen LogP contribution in [0.5, 0.6) is 0 Å². The van der Waals surface area contributed by atoms with Gasteiger partial charge in [-0.25, -0.2) is 4.57 Å². The van der Waals surface area contributed by atoms with Gasteiger partial charge in [0.25, 0.3) is 0 Å². The lowest BCUT2D eigenvalue weighted by Gasteiger charge is -2.41. The lowest BCUT2D eigenvalue weighted by molar-refractivity contribution is -0.220. The summed E-state index contributed by atoms with van der Waals surface area (Å²) in [7, 11) is -5.13. The first kappa shape index (κ1) is 67.3. The highest BCUT2D eigenvalue weighted by Gasteiger charge is 2.51. The van der Waals surface area contributed by atoms with Crippen molar-refractivity contribution in [2.75, 3.05) is 13.2 Å². The van der Waals surface area contributed by atoms with Crippen LogP contribution in [0.15, 0.2) is 24.3 Å². The molecule has 6 N–H and O–H groups in total. The van der Waals surface area contributed by atoms with Gasteiger partial charge in [0.05, 0.1) is 6.61 Å². The SMILES string of the molecule is CCCCCCCC/C=C/CCCCCCCCCCCC(=O)OC[C@H](COP(=O)(O)OC1C(O)C(O)C(O)[C@@H](O)C1O)OC(=O)CCC/C=C/CCCCCCCCCCCCCCCCCCCC. The van der Waals surface area contributed by atoms with E-state index in [2.05, 4.69) is 38.2 Å². The molecule has 0 aliphatic heterocycles. The van der Waals surface area contributed by atoms with Crippen molar-refractivity contribution >= 4 is 19.8 Å². The molecule has 418 valence electrons. The van der Waals surface area contributed by atoms with Crippen molar-refractivity contribution in [2.24, 2.45) is 0 Å². The molecule has 0 bridgehead atoms. The molecular weight excluding hydrogens is 924 g/mol. The number of esters is 2. The number of carbonyl (C=O) groups excluding carboxylic acids is 2. The Balaban J connectivity index is 2.34. The summed E-state index contributed by atoms with van der Waals surface area (Å²) in [5.41, 5.74) is 0. The number of ether oxygens (including phenoxy) is 2. The predicted molar refractivity (Wildman–Crippen MR) is 286 cm³/mol. The Hall–Kier alpha value is -1.67. The molecule has 71 heavy (non-hydrogen) atoms. The third kappa shape index (κ3) is 38.5. The number of rotatable bonds is 50. The zero-order valence-electron chi connectivity index (χ0n) is 45.0. The molecule has 1 fully saturated rings. The van der Waals surface area contributed by atoms with Crippen LogP contribution in [0.2, 0.25) is 0 Å². The van der Waals surface area contributed by atoms with E-state index in [0.717, 1.165) is 38.5 Å². The lowest BCUT2D eigenvalue weighted by atomic mass is 9.85. The molecule has 1 aliphatic rings. The van der Waals surface area contributed by atoms with E-state index in [4.69, 9.17) is 18.5 Å². The molecule has 1 rings (SSSR count). The van der Waals surface area contributed by atoms with E-state index < -0.39 is 75.7 Å². The van der Waals surface area contributed by atoms with Crippen molar-refractivity contribution in [1.29, 1.82) is 0 Å². The van der Waals surface area contributed by atoms with Crippen molar-refractivity contribution in [2.45, 2.75) is 313 Å². The summed E-state index contributed by atoms with van der Waals surface area (Å²) in [6.07, 6.45) is 42.4. The number of hydrogen-bond donors (Lipinski definition) is 6. The molecule has 1 aliphatic carbocycles. The van der Waals surface area contributed by atoms with Gasteiger partial charge in [-0.1, -0.05) is 224 Å². The lowest BCUT2D eigenvalue weighted by Crippen LogP contribution is -2.64. The topological polar surface area (TPSA) is 210 Å². The standard InChI is InChI=1S/C57H107O13P/c1-3-5-7-9-11-13-15-17-19-21-23-24-25-26-28-30-32-34-36-38-40-42-44-46-51(59)69-49(48-68-71(65,66)70-57-55(63)53(61)52(60)54(62)56(57)64)47-67-50(58)45-43-41-39-37-35-33-31-29-27-22-20-18-16-14-12-10-8-6-4-2/h18,20,38,40,49,52-57,60-64H,3-17,19,21-37,39,41-48H2,1-2H3,(H,65,66)/b20-18+,40-38+/t49-,52?,53-,54?,55?,56?,57?/m1/s1. The van der Waals surface area contributed by atoms with Crippen molar-refractivity contribution in [3.63, 3.8) is 0 Å². The van der Waals surface area contributed by atoms with Gasteiger partial charge in [-0.05, 0) is 57.8 Å². The van der Waals surface area contributed by atoms with Crippen LogP contribution in [-0.2, 0) is 32.7 Å². The molecule has 0 aromatic rings. The van der Waals surface area contributed by atoms with Gasteiger partial charge in [-0.3, -0.25) is 18.6 Å². The van der Waals surface area contributed by atoms with E-state index in [1.165, 1.54) is 186 Å². The number of phosphoric acid groups is 1. The van der Waals surface area contributed by atoms with Crippen LogP contribution in [0.4, 0.5) is 0 Å². The zero-order chi connectivity index (χ0) is 52.1. The molecule has 0 heterocycles. The molecule has 0 spiro atoms. The minimum absolute atomic E-state index is 0.0521. The van der Waals surface area contributed by atoms with Crippen molar-refractivity contribution < 1.29 is 63.1 Å². The Morgan fingerprint density at radius 1 is 0.423 bits per heavy atom. The Labute approximate surface area is 432 Å². The maximum atomic E-state index is 12.9. The van der Waals surface area contributed by atoms with Crippen LogP contribution in [0.3, 0.4) is 0 Å². The van der Waals surface area contributed by atoms with Crippen LogP contribution >= 0.6 is 7.82 Å². The van der Waals surface area contributed by atoms with Gasteiger partial charge < -0.3 is 39.9 Å². The second-order valence-electron chi connectivity index (χ2n) is 20.5. The molecular formula is C57H107O13P. The second kappa shape index (κ2) is 46.8. The first-order valence-corrected chi connectivity index (χ1v) is 30.6. The third-order valence-corrected chi connectivity index (χ3v) is 14.8. The van der Waals surface area contributed by atoms with Crippen LogP contribution in [-0.4, -0.2) is 98.3 Å². The summed E-state index contributed by atoms with van der Waals surface area (Å²) < 4.78 is 33.7. The van der Waals surface area contributed by atoms with Gasteiger partial charge in [0.2, 0.25) is 0 Å². The summed E-state index contributed by atoms with van der Waals surface area (Å²) in [5, 5.41) is 50.4. The highest BCUT2D eigenvalue weighted by atomic mass is 31.2. The van der Waals surface area contributed by atoms with E-state index >= 15 is 0 Å². The van der Waals surface area contributed by atoms with Crippen molar-refractivity contribution in [3.05, 3.63) is 24.3 Å². The molecule has 0 saturated heterocycles. The van der Waals surface area contributed by atoms with E-state index in [9.17, 15) is 44.6 Å². The number of allylic oxidation sites excluding steroid dienone is 4. The second-order valence-corrected chi connectivity index (χ2v) is 21.9. The fourth-order valence-electron chi connectivity index (χ4n) is 9.11. The Kier molecular flexibility index (Phi) is 44.4. The Bertz CT molecular complexity index is 1330. The van der Waals surface area contributed by atoms with Gasteiger partial charge in [0, 0.05) is 12.8 Å². The number of aliphatic hydroxyl groups excluding tert-OH is 5. The number of unbranched alkanes of at least 4 members (excludes halogenated alkanes) is 34. The fraction of sp³-hybridized carbons (Fsp3) is 0.895. The van der Waals surface area contributed by atoms with Crippen molar-refractivity contribution in [1.82, 2.24) is 0 Å². The molecule has 6 unspecified atom stereocenters. The maximum Gasteiger partial charge on any atom is 0.472 e. The van der Waals surface area contributed by atoms with Gasteiger partial charge >= 0.3 is 19.8 Å². The highest BCUT2D eigenvalue weighted by Crippen LogP contribution is 2.47. The van der Waals surface area contributed by atoms with Gasteiger partial charge in [0.1, 0.15) is 43.2 Å². The molecule has 1 saturated carbocycles. The summed E-state index contributed by atoms with van der Waals surface area (Å²) in [4.78, 5) is 35.9. The first-order chi connectivity index (χ1) is 34.4. The largest absolute Gasteiger partial charge is 0.472 e. The quantitative estimate of drug-likeness (QED) is 0.0145. The molecule has 0 aromatic heterocycles. The minimum atomic E-state index is -5.13.